The number of pyridine rings is 1. The van der Waals surface area contributed by atoms with Gasteiger partial charge in [0, 0.05) is 30.4 Å². The van der Waals surface area contributed by atoms with E-state index in [1.54, 1.807) is 24.4 Å². The first-order valence-corrected chi connectivity index (χ1v) is 16.0. The van der Waals surface area contributed by atoms with Crippen molar-refractivity contribution in [2.75, 3.05) is 18.8 Å². The lowest BCUT2D eigenvalue weighted by atomic mass is 9.97. The van der Waals surface area contributed by atoms with Gasteiger partial charge in [-0.05, 0) is 53.3 Å². The predicted octanol–water partition coefficient (Wildman–Crippen LogP) is 5.88. The monoisotopic (exact) mass is 617 g/mol. The second-order valence-electron chi connectivity index (χ2n) is 10.5. The van der Waals surface area contributed by atoms with Gasteiger partial charge in [0.1, 0.15) is 11.8 Å². The number of hydrogen-bond acceptors (Lipinski definition) is 6. The molecule has 1 amide bonds. The van der Waals surface area contributed by atoms with E-state index >= 15 is 0 Å². The molecule has 5 rings (SSSR count). The lowest BCUT2D eigenvalue weighted by Gasteiger charge is -2.22. The summed E-state index contributed by atoms with van der Waals surface area (Å²) in [5.74, 6) is -0.184. The van der Waals surface area contributed by atoms with Crippen molar-refractivity contribution in [3.8, 4) is 0 Å². The standard InChI is InChI=1S/C33H32ClN3O5S/c34-32-29(13-7-14-35-32)22-36(33(39)42-24-26-11-5-2-6-12-26)23-31(38)30-19-27(17-25-9-3-1-4-10-25)18-28(20-30)21-37-15-8-16-43(37,40)41/h1-7,9-14,18-20H,8,15-17,21-24H2. The SMILES string of the molecule is O=C(CN(Cc1cccnc1Cl)C(=O)OCc1ccccc1)c1cc(Cc2ccccc2)cc(CN2CCCS2(=O)=O)c1. The number of sulfonamides is 1. The van der Waals surface area contributed by atoms with Crippen LogP contribution in [0, 0.1) is 0 Å². The Labute approximate surface area is 256 Å². The fourth-order valence-electron chi connectivity index (χ4n) is 5.02. The van der Waals surface area contributed by atoms with Gasteiger partial charge in [-0.15, -0.1) is 0 Å². The van der Waals surface area contributed by atoms with Crippen LogP contribution in [0.4, 0.5) is 4.79 Å². The largest absolute Gasteiger partial charge is 0.445 e. The second-order valence-corrected chi connectivity index (χ2v) is 12.9. The first-order valence-electron chi connectivity index (χ1n) is 14.0. The van der Waals surface area contributed by atoms with Crippen molar-refractivity contribution >= 4 is 33.5 Å². The highest BCUT2D eigenvalue weighted by Crippen LogP contribution is 2.22. The Kier molecular flexibility index (Phi) is 9.86. The molecule has 10 heteroatoms. The zero-order valence-electron chi connectivity index (χ0n) is 23.6. The molecule has 1 aromatic heterocycles. The Morgan fingerprint density at radius 3 is 2.26 bits per heavy atom. The number of ketones is 1. The molecule has 0 N–H and O–H groups in total. The predicted molar refractivity (Wildman–Crippen MR) is 165 cm³/mol. The number of halogens is 1. The number of amides is 1. The number of ether oxygens (including phenoxy) is 1. The van der Waals surface area contributed by atoms with Gasteiger partial charge in [-0.1, -0.05) is 84.4 Å². The smallest absolute Gasteiger partial charge is 0.410 e. The minimum Gasteiger partial charge on any atom is -0.445 e. The van der Waals surface area contributed by atoms with Crippen molar-refractivity contribution in [2.45, 2.75) is 32.5 Å². The number of rotatable bonds is 11. The van der Waals surface area contributed by atoms with Gasteiger partial charge in [-0.25, -0.2) is 18.2 Å². The molecule has 0 saturated carbocycles. The van der Waals surface area contributed by atoms with E-state index in [0.717, 1.165) is 22.3 Å². The Morgan fingerprint density at radius 2 is 1.58 bits per heavy atom. The molecule has 1 fully saturated rings. The summed E-state index contributed by atoms with van der Waals surface area (Å²) in [6.45, 7) is 0.427. The average molecular weight is 618 g/mol. The van der Waals surface area contributed by atoms with E-state index in [-0.39, 0.29) is 42.9 Å². The molecule has 4 aromatic rings. The van der Waals surface area contributed by atoms with E-state index in [1.807, 2.05) is 72.8 Å². The summed E-state index contributed by atoms with van der Waals surface area (Å²) in [7, 11) is -3.33. The van der Waals surface area contributed by atoms with Crippen LogP contribution in [0.15, 0.2) is 97.2 Å². The average Bonchev–Trinajstić information content (AvgIpc) is 3.34. The van der Waals surface area contributed by atoms with Crippen molar-refractivity contribution in [3.05, 3.63) is 136 Å². The molecule has 1 aliphatic heterocycles. The molecule has 0 bridgehead atoms. The summed E-state index contributed by atoms with van der Waals surface area (Å²) in [4.78, 5) is 32.5. The fraction of sp³-hybridized carbons (Fsp3) is 0.242. The van der Waals surface area contributed by atoms with Crippen molar-refractivity contribution in [3.63, 3.8) is 0 Å². The van der Waals surface area contributed by atoms with Gasteiger partial charge < -0.3 is 4.74 Å². The maximum atomic E-state index is 13.8. The van der Waals surface area contributed by atoms with E-state index in [2.05, 4.69) is 4.98 Å². The first kappa shape index (κ1) is 30.4. The molecular weight excluding hydrogens is 586 g/mol. The van der Waals surface area contributed by atoms with Crippen LogP contribution in [0.5, 0.6) is 0 Å². The summed E-state index contributed by atoms with van der Waals surface area (Å²) in [6.07, 6.45) is 2.03. The summed E-state index contributed by atoms with van der Waals surface area (Å²) >= 11 is 6.29. The molecule has 0 atom stereocenters. The van der Waals surface area contributed by atoms with Gasteiger partial charge in [-0.3, -0.25) is 9.69 Å². The lowest BCUT2D eigenvalue weighted by Crippen LogP contribution is -2.36. The number of aromatic nitrogens is 1. The number of carbonyl (C=O) groups excluding carboxylic acids is 2. The molecule has 222 valence electrons. The Hall–Kier alpha value is -4.05. The van der Waals surface area contributed by atoms with Gasteiger partial charge in [0.25, 0.3) is 0 Å². The van der Waals surface area contributed by atoms with Crippen LogP contribution in [0.25, 0.3) is 0 Å². The quantitative estimate of drug-likeness (QED) is 0.154. The number of Topliss-reactive ketones (excluding diaryl/α,β-unsaturated/α-hetero) is 1. The highest BCUT2D eigenvalue weighted by Gasteiger charge is 2.29. The van der Waals surface area contributed by atoms with Gasteiger partial charge >= 0.3 is 6.09 Å². The summed E-state index contributed by atoms with van der Waals surface area (Å²) < 4.78 is 32.1. The number of benzene rings is 3. The van der Waals surface area contributed by atoms with Crippen LogP contribution < -0.4 is 0 Å². The maximum Gasteiger partial charge on any atom is 0.410 e. The molecule has 0 unspecified atom stereocenters. The summed E-state index contributed by atoms with van der Waals surface area (Å²) in [5.41, 5.74) is 4.43. The number of carbonyl (C=O) groups is 2. The van der Waals surface area contributed by atoms with E-state index in [1.165, 1.54) is 9.21 Å². The summed E-state index contributed by atoms with van der Waals surface area (Å²) in [5, 5.41) is 0.231. The van der Waals surface area contributed by atoms with Crippen LogP contribution in [-0.4, -0.2) is 53.3 Å². The molecule has 0 aliphatic carbocycles. The highest BCUT2D eigenvalue weighted by atomic mass is 35.5. The van der Waals surface area contributed by atoms with Crippen molar-refractivity contribution in [2.24, 2.45) is 0 Å². The molecule has 3 aromatic carbocycles. The van der Waals surface area contributed by atoms with Crippen LogP contribution in [0.2, 0.25) is 5.15 Å². The third-order valence-electron chi connectivity index (χ3n) is 7.18. The topological polar surface area (TPSA) is 96.9 Å². The molecule has 0 radical (unpaired) electrons. The third-order valence-corrected chi connectivity index (χ3v) is 9.43. The fourth-order valence-corrected chi connectivity index (χ4v) is 6.71. The Morgan fingerprint density at radius 1 is 0.884 bits per heavy atom. The Bertz CT molecular complexity index is 1680. The first-order chi connectivity index (χ1) is 20.8. The number of hydrogen-bond donors (Lipinski definition) is 0. The van der Waals surface area contributed by atoms with E-state index in [9.17, 15) is 18.0 Å². The second kappa shape index (κ2) is 13.9. The minimum atomic E-state index is -3.33. The van der Waals surface area contributed by atoms with Gasteiger partial charge in [0.2, 0.25) is 10.0 Å². The van der Waals surface area contributed by atoms with Crippen molar-refractivity contribution in [1.29, 1.82) is 0 Å². The molecule has 1 saturated heterocycles. The minimum absolute atomic E-state index is 0.0224. The van der Waals surface area contributed by atoms with Crippen molar-refractivity contribution < 1.29 is 22.7 Å². The van der Waals surface area contributed by atoms with Crippen LogP contribution in [-0.2, 0) is 40.9 Å². The highest BCUT2D eigenvalue weighted by molar-refractivity contribution is 7.89. The molecule has 0 spiro atoms. The maximum absolute atomic E-state index is 13.8. The van der Waals surface area contributed by atoms with Crippen molar-refractivity contribution in [1.82, 2.24) is 14.2 Å². The van der Waals surface area contributed by atoms with Gasteiger partial charge in [-0.2, -0.15) is 4.31 Å². The Balaban J connectivity index is 1.41. The third kappa shape index (κ3) is 8.28. The summed E-state index contributed by atoms with van der Waals surface area (Å²) in [6, 6.07) is 28.0. The molecule has 43 heavy (non-hydrogen) atoms. The normalized spacial score (nSPS) is 14.3. The van der Waals surface area contributed by atoms with Crippen LogP contribution >= 0.6 is 11.6 Å². The van der Waals surface area contributed by atoms with Gasteiger partial charge in [0.15, 0.2) is 5.78 Å². The zero-order valence-corrected chi connectivity index (χ0v) is 25.1. The molecule has 8 nitrogen and oxygen atoms in total. The van der Waals surface area contributed by atoms with Crippen LogP contribution in [0.1, 0.15) is 44.6 Å². The van der Waals surface area contributed by atoms with E-state index < -0.39 is 16.1 Å². The van der Waals surface area contributed by atoms with Gasteiger partial charge in [0.05, 0.1) is 18.8 Å². The molecule has 2 heterocycles. The number of nitrogens with zero attached hydrogens (tertiary/aromatic N) is 3. The lowest BCUT2D eigenvalue weighted by molar-refractivity contribution is 0.0787. The molecule has 1 aliphatic rings. The van der Waals surface area contributed by atoms with E-state index in [4.69, 9.17) is 16.3 Å². The molecular formula is C33H32ClN3O5S. The van der Waals surface area contributed by atoms with E-state index in [0.29, 0.717) is 30.5 Å². The van der Waals surface area contributed by atoms with Crippen LogP contribution in [0.3, 0.4) is 0 Å². The zero-order chi connectivity index (χ0) is 30.2.